The maximum absolute atomic E-state index is 14.6. The molecule has 0 radical (unpaired) electrons. The van der Waals surface area contributed by atoms with Crippen LogP contribution in [0.1, 0.15) is 38.0 Å². The molecule has 0 bridgehead atoms. The van der Waals surface area contributed by atoms with Crippen LogP contribution in [0.5, 0.6) is 5.75 Å². The lowest BCUT2D eigenvalue weighted by Crippen LogP contribution is -2.49. The van der Waals surface area contributed by atoms with Crippen molar-refractivity contribution < 1.29 is 42.5 Å². The van der Waals surface area contributed by atoms with Crippen molar-refractivity contribution in [3.05, 3.63) is 54.5 Å². The first-order valence-electron chi connectivity index (χ1n) is 12.8. The fraction of sp³-hybridized carbons (Fsp3) is 0.480. The van der Waals surface area contributed by atoms with Crippen molar-refractivity contribution in [3.63, 3.8) is 0 Å². The van der Waals surface area contributed by atoms with E-state index in [-0.39, 0.29) is 23.4 Å². The molecule has 40 heavy (non-hydrogen) atoms. The molecule has 13 nitrogen and oxygen atoms in total. The van der Waals surface area contributed by atoms with Crippen molar-refractivity contribution in [2.75, 3.05) is 19.0 Å². The van der Waals surface area contributed by atoms with Crippen LogP contribution < -0.4 is 15.3 Å². The largest absolute Gasteiger partial charge is 0.461 e. The summed E-state index contributed by atoms with van der Waals surface area (Å²) in [4.78, 5) is 16.5. The highest BCUT2D eigenvalue weighted by atomic mass is 31.2. The second kappa shape index (κ2) is 11.4. The number of benzene rings is 1. The van der Waals surface area contributed by atoms with Crippen LogP contribution in [0.4, 0.5) is 10.2 Å². The van der Waals surface area contributed by atoms with Gasteiger partial charge in [0.05, 0.1) is 12.3 Å². The van der Waals surface area contributed by atoms with Crippen molar-refractivity contribution in [3.8, 4) is 5.75 Å². The van der Waals surface area contributed by atoms with E-state index in [0.717, 1.165) is 19.3 Å². The van der Waals surface area contributed by atoms with Gasteiger partial charge in [0, 0.05) is 0 Å². The van der Waals surface area contributed by atoms with E-state index in [1.807, 2.05) is 0 Å². The number of carbonyl (C=O) groups is 1. The standard InChI is InChI=1S/C25H31FN5O8P/c1-15(24(34)37-16-8-5-9-16)30-40(35,39-17-6-3-2-4-7-17)36-13-25(12-26)22(33)20(32)21(38-25)18-10-11-19-23(27)28-14-29-31(18)19/h2-4,6-7,10-11,14-16,20-22,32-33H,5,8-9,12-13H2,1H3,(H,30,35)(H2,27,28,29)/t15-,20-,21-,22-,25+,40?/m0/s1. The minimum absolute atomic E-state index is 0.148. The Morgan fingerprint density at radius 1 is 1.30 bits per heavy atom. The van der Waals surface area contributed by atoms with Gasteiger partial charge in [0.15, 0.2) is 5.82 Å². The Kier molecular flexibility index (Phi) is 8.09. The Morgan fingerprint density at radius 2 is 2.05 bits per heavy atom. The summed E-state index contributed by atoms with van der Waals surface area (Å²) in [6.45, 7) is -0.685. The molecule has 1 aromatic carbocycles. The quantitative estimate of drug-likeness (QED) is 0.192. The molecule has 5 N–H and O–H groups in total. The van der Waals surface area contributed by atoms with Gasteiger partial charge in [-0.25, -0.2) is 18.5 Å². The van der Waals surface area contributed by atoms with Gasteiger partial charge in [-0.15, -0.1) is 0 Å². The third-order valence-corrected chi connectivity index (χ3v) is 8.67. The predicted octanol–water partition coefficient (Wildman–Crippen LogP) is 2.09. The van der Waals surface area contributed by atoms with E-state index in [1.165, 1.54) is 29.9 Å². The molecule has 1 unspecified atom stereocenters. The predicted molar refractivity (Wildman–Crippen MR) is 139 cm³/mol. The Hall–Kier alpha value is -3.13. The van der Waals surface area contributed by atoms with Gasteiger partial charge in [0.2, 0.25) is 0 Å². The molecule has 2 aliphatic rings. The van der Waals surface area contributed by atoms with Crippen molar-refractivity contribution in [2.45, 2.75) is 62.2 Å². The molecule has 0 amide bonds. The molecule has 3 aromatic rings. The number of halogens is 1. The first-order chi connectivity index (χ1) is 19.1. The number of hydrogen-bond acceptors (Lipinski definition) is 11. The number of nitrogen functional groups attached to an aromatic ring is 1. The minimum Gasteiger partial charge on any atom is -0.461 e. The van der Waals surface area contributed by atoms with Crippen molar-refractivity contribution in [1.82, 2.24) is 19.7 Å². The number of aliphatic hydroxyl groups is 2. The van der Waals surface area contributed by atoms with E-state index in [4.69, 9.17) is 24.3 Å². The number of carbonyl (C=O) groups excluding carboxylic acids is 1. The van der Waals surface area contributed by atoms with Crippen LogP contribution in [-0.2, 0) is 23.4 Å². The fourth-order valence-electron chi connectivity index (χ4n) is 4.51. The Balaban J connectivity index is 1.36. The van der Waals surface area contributed by atoms with Gasteiger partial charge in [0.25, 0.3) is 0 Å². The summed E-state index contributed by atoms with van der Waals surface area (Å²) >= 11 is 0. The second-order valence-corrected chi connectivity index (χ2v) is 11.6. The summed E-state index contributed by atoms with van der Waals surface area (Å²) in [5.74, 6) is -0.335. The zero-order valence-corrected chi connectivity index (χ0v) is 22.5. The van der Waals surface area contributed by atoms with Gasteiger partial charge in [-0.05, 0) is 50.5 Å². The normalized spacial score (nSPS) is 27.1. The molecule has 15 heteroatoms. The second-order valence-electron chi connectivity index (χ2n) is 9.89. The molecule has 2 aromatic heterocycles. The van der Waals surface area contributed by atoms with Crippen LogP contribution in [0.2, 0.25) is 0 Å². The van der Waals surface area contributed by atoms with E-state index < -0.39 is 57.0 Å². The van der Waals surface area contributed by atoms with Gasteiger partial charge in [-0.1, -0.05) is 18.2 Å². The summed E-state index contributed by atoms with van der Waals surface area (Å²) in [5, 5.41) is 28.4. The van der Waals surface area contributed by atoms with Crippen molar-refractivity contribution in [1.29, 1.82) is 0 Å². The first-order valence-corrected chi connectivity index (χ1v) is 14.3. The van der Waals surface area contributed by atoms with E-state index in [2.05, 4.69) is 15.2 Å². The van der Waals surface area contributed by atoms with E-state index in [0.29, 0.717) is 5.52 Å². The molecule has 216 valence electrons. The number of nitrogens with two attached hydrogens (primary N) is 1. The average molecular weight is 580 g/mol. The monoisotopic (exact) mass is 579 g/mol. The molecule has 1 aliphatic heterocycles. The van der Waals surface area contributed by atoms with Gasteiger partial charge in [-0.3, -0.25) is 9.32 Å². The molecule has 1 aliphatic carbocycles. The number of para-hydroxylation sites is 1. The maximum Gasteiger partial charge on any atom is 0.459 e. The highest BCUT2D eigenvalue weighted by molar-refractivity contribution is 7.52. The number of anilines is 1. The van der Waals surface area contributed by atoms with Crippen LogP contribution in [-0.4, -0.2) is 74.0 Å². The number of aromatic nitrogens is 3. The van der Waals surface area contributed by atoms with Crippen molar-refractivity contribution >= 4 is 25.1 Å². The Labute approximate surface area is 229 Å². The van der Waals surface area contributed by atoms with E-state index >= 15 is 0 Å². The molecule has 3 heterocycles. The number of nitrogens with one attached hydrogen (secondary N) is 1. The summed E-state index contributed by atoms with van der Waals surface area (Å²) in [6.07, 6.45) is -1.18. The SMILES string of the molecule is C[C@H](NP(=O)(OC[C@@]1(CF)O[C@@H](c2ccc3c(N)ncnn23)[C@H](O)[C@@H]1O)Oc1ccccc1)C(=O)OC1CCC1. The Morgan fingerprint density at radius 3 is 2.73 bits per heavy atom. The number of rotatable bonds is 11. The number of aliphatic hydroxyl groups excluding tert-OH is 2. The lowest BCUT2D eigenvalue weighted by atomic mass is 9.96. The molecular formula is C25H31FN5O8P. The molecular weight excluding hydrogens is 548 g/mol. The van der Waals surface area contributed by atoms with Gasteiger partial charge in [0.1, 0.15) is 60.3 Å². The van der Waals surface area contributed by atoms with Crippen LogP contribution in [0.3, 0.4) is 0 Å². The molecule has 1 saturated carbocycles. The van der Waals surface area contributed by atoms with Crippen LogP contribution in [0.15, 0.2) is 48.8 Å². The van der Waals surface area contributed by atoms with Crippen LogP contribution in [0.25, 0.3) is 5.52 Å². The average Bonchev–Trinajstić information content (AvgIpc) is 3.46. The fourth-order valence-corrected chi connectivity index (χ4v) is 6.06. The summed E-state index contributed by atoms with van der Waals surface area (Å²) in [7, 11) is -4.40. The maximum atomic E-state index is 14.6. The molecule has 2 fully saturated rings. The summed E-state index contributed by atoms with van der Waals surface area (Å²) in [5.41, 5.74) is 4.44. The lowest BCUT2D eigenvalue weighted by molar-refractivity contribution is -0.154. The van der Waals surface area contributed by atoms with Crippen LogP contribution in [0, 0.1) is 0 Å². The first kappa shape index (κ1) is 28.4. The highest BCUT2D eigenvalue weighted by Gasteiger charge is 2.57. The smallest absolute Gasteiger partial charge is 0.459 e. The molecule has 0 spiro atoms. The van der Waals surface area contributed by atoms with E-state index in [9.17, 15) is 24.0 Å². The van der Waals surface area contributed by atoms with Crippen LogP contribution >= 0.6 is 7.75 Å². The third-order valence-electron chi connectivity index (χ3n) is 7.05. The minimum atomic E-state index is -4.40. The van der Waals surface area contributed by atoms with Gasteiger partial charge >= 0.3 is 13.7 Å². The van der Waals surface area contributed by atoms with E-state index in [1.54, 1.807) is 30.3 Å². The number of hydrogen-bond donors (Lipinski definition) is 4. The Bertz CT molecular complexity index is 1390. The third kappa shape index (κ3) is 5.55. The number of nitrogens with zero attached hydrogens (tertiary/aromatic N) is 3. The molecule has 6 atom stereocenters. The zero-order chi connectivity index (χ0) is 28.5. The number of ether oxygens (including phenoxy) is 2. The van der Waals surface area contributed by atoms with Crippen molar-refractivity contribution in [2.24, 2.45) is 0 Å². The summed E-state index contributed by atoms with van der Waals surface area (Å²) in [6, 6.07) is 10.1. The number of fused-ring (bicyclic) bond motifs is 1. The zero-order valence-electron chi connectivity index (χ0n) is 21.6. The van der Waals surface area contributed by atoms with Gasteiger partial charge < -0.3 is 29.9 Å². The summed E-state index contributed by atoms with van der Waals surface area (Å²) < 4.78 is 52.3. The number of esters is 1. The number of alkyl halides is 1. The highest BCUT2D eigenvalue weighted by Crippen LogP contribution is 2.48. The topological polar surface area (TPSA) is 180 Å². The van der Waals surface area contributed by atoms with Gasteiger partial charge in [-0.2, -0.15) is 10.2 Å². The lowest BCUT2D eigenvalue weighted by Gasteiger charge is -2.31. The molecule has 5 rings (SSSR count). The molecule has 1 saturated heterocycles.